The largest absolute Gasteiger partial charge is 0.356 e. The molecule has 18 heavy (non-hydrogen) atoms. The minimum Gasteiger partial charge on any atom is -0.356 e. The van der Waals surface area contributed by atoms with Crippen molar-refractivity contribution < 1.29 is 9.18 Å². The Hall–Kier alpha value is -1.42. The van der Waals surface area contributed by atoms with Gasteiger partial charge in [0.1, 0.15) is 5.82 Å². The molecule has 1 aromatic carbocycles. The lowest BCUT2D eigenvalue weighted by atomic mass is 9.75. The van der Waals surface area contributed by atoms with E-state index >= 15 is 0 Å². The van der Waals surface area contributed by atoms with Crippen LogP contribution in [0.1, 0.15) is 31.2 Å². The minimum atomic E-state index is -0.290. The van der Waals surface area contributed by atoms with Crippen molar-refractivity contribution >= 4 is 5.91 Å². The quantitative estimate of drug-likeness (QED) is 0.836. The van der Waals surface area contributed by atoms with E-state index in [-0.39, 0.29) is 17.3 Å². The van der Waals surface area contributed by atoms with E-state index in [2.05, 4.69) is 5.32 Å². The number of benzene rings is 1. The summed E-state index contributed by atoms with van der Waals surface area (Å²) in [7, 11) is 0. The number of hydrogen-bond donors (Lipinski definition) is 2. The lowest BCUT2D eigenvalue weighted by molar-refractivity contribution is -0.122. The van der Waals surface area contributed by atoms with E-state index in [1.807, 2.05) is 0 Å². The highest BCUT2D eigenvalue weighted by Gasteiger charge is 2.34. The highest BCUT2D eigenvalue weighted by Crippen LogP contribution is 2.31. The van der Waals surface area contributed by atoms with Crippen molar-refractivity contribution in [2.24, 2.45) is 5.73 Å². The number of amides is 1. The summed E-state index contributed by atoms with van der Waals surface area (Å²) in [5, 5.41) is 2.80. The maximum Gasteiger partial charge on any atom is 0.221 e. The van der Waals surface area contributed by atoms with Gasteiger partial charge in [0, 0.05) is 18.5 Å². The maximum absolute atomic E-state index is 13.3. The van der Waals surface area contributed by atoms with Gasteiger partial charge >= 0.3 is 0 Å². The van der Waals surface area contributed by atoms with Gasteiger partial charge in [0.2, 0.25) is 5.91 Å². The predicted molar refractivity (Wildman–Crippen MR) is 68.5 cm³/mol. The molecule has 0 bridgehead atoms. The van der Waals surface area contributed by atoms with E-state index in [4.69, 9.17) is 5.73 Å². The highest BCUT2D eigenvalue weighted by atomic mass is 19.1. The van der Waals surface area contributed by atoms with Crippen molar-refractivity contribution in [3.63, 3.8) is 0 Å². The van der Waals surface area contributed by atoms with Crippen molar-refractivity contribution in [2.45, 2.75) is 37.6 Å². The van der Waals surface area contributed by atoms with Gasteiger partial charge < -0.3 is 11.1 Å². The molecule has 0 heterocycles. The summed E-state index contributed by atoms with van der Waals surface area (Å²) in [6, 6.07) is 6.62. The van der Waals surface area contributed by atoms with Crippen LogP contribution in [0, 0.1) is 5.82 Å². The lowest BCUT2D eigenvalue weighted by Gasteiger charge is -2.37. The number of nitrogens with one attached hydrogen (secondary N) is 1. The van der Waals surface area contributed by atoms with Gasteiger partial charge in [-0.2, -0.15) is 0 Å². The smallest absolute Gasteiger partial charge is 0.221 e. The summed E-state index contributed by atoms with van der Waals surface area (Å²) in [5.74, 6) is -0.255. The first kappa shape index (κ1) is 13.0. The van der Waals surface area contributed by atoms with Crippen molar-refractivity contribution in [3.05, 3.63) is 35.6 Å². The summed E-state index contributed by atoms with van der Waals surface area (Å²) in [6.07, 6.45) is 3.85. The van der Waals surface area contributed by atoms with Crippen molar-refractivity contribution in [2.75, 3.05) is 6.54 Å². The number of halogens is 1. The Bertz CT molecular complexity index is 430. The Labute approximate surface area is 107 Å². The van der Waals surface area contributed by atoms with Crippen LogP contribution in [0.4, 0.5) is 4.39 Å². The average Bonchev–Trinajstić information content (AvgIpc) is 2.29. The van der Waals surface area contributed by atoms with Gasteiger partial charge in [0.15, 0.2) is 0 Å². The van der Waals surface area contributed by atoms with Crippen molar-refractivity contribution in [1.29, 1.82) is 0 Å². The second kappa shape index (κ2) is 5.48. The zero-order valence-corrected chi connectivity index (χ0v) is 10.4. The summed E-state index contributed by atoms with van der Waals surface area (Å²) in [6.45, 7) is 0.454. The van der Waals surface area contributed by atoms with Gasteiger partial charge in [-0.05, 0) is 37.3 Å². The average molecular weight is 250 g/mol. The van der Waals surface area contributed by atoms with E-state index in [9.17, 15) is 9.18 Å². The molecule has 0 radical (unpaired) electrons. The molecule has 0 spiro atoms. The maximum atomic E-state index is 13.3. The molecule has 1 amide bonds. The van der Waals surface area contributed by atoms with E-state index in [1.165, 1.54) is 6.07 Å². The molecule has 0 atom stereocenters. The summed E-state index contributed by atoms with van der Waals surface area (Å²) in [5.41, 5.74) is 6.33. The lowest BCUT2D eigenvalue weighted by Crippen LogP contribution is -2.50. The van der Waals surface area contributed by atoms with Crippen LogP contribution in [0.5, 0.6) is 0 Å². The van der Waals surface area contributed by atoms with Gasteiger partial charge in [-0.3, -0.25) is 4.79 Å². The van der Waals surface area contributed by atoms with E-state index in [0.29, 0.717) is 24.9 Å². The standard InChI is InChI=1S/C14H19FN2O/c15-12-5-2-1-4-11(12)6-9-17-13(18)10-14(16)7-3-8-14/h1-2,4-5H,3,6-10,16H2,(H,17,18). The number of nitrogens with two attached hydrogens (primary N) is 1. The molecule has 1 aliphatic carbocycles. The third-order valence-electron chi connectivity index (χ3n) is 3.54. The Morgan fingerprint density at radius 1 is 1.39 bits per heavy atom. The van der Waals surface area contributed by atoms with Crippen LogP contribution in [-0.4, -0.2) is 18.0 Å². The van der Waals surface area contributed by atoms with Crippen LogP contribution in [0.25, 0.3) is 0 Å². The molecule has 1 aliphatic rings. The van der Waals surface area contributed by atoms with Crippen LogP contribution in [0.15, 0.2) is 24.3 Å². The molecule has 0 aromatic heterocycles. The van der Waals surface area contributed by atoms with Gasteiger partial charge in [-0.15, -0.1) is 0 Å². The summed E-state index contributed by atoms with van der Waals surface area (Å²) in [4.78, 5) is 11.6. The molecule has 98 valence electrons. The van der Waals surface area contributed by atoms with Gasteiger partial charge in [0.05, 0.1) is 0 Å². The molecule has 0 saturated heterocycles. The molecule has 3 N–H and O–H groups in total. The highest BCUT2D eigenvalue weighted by molar-refractivity contribution is 5.77. The fourth-order valence-electron chi connectivity index (χ4n) is 2.23. The molecular weight excluding hydrogens is 231 g/mol. The molecule has 0 unspecified atom stereocenters. The fraction of sp³-hybridized carbons (Fsp3) is 0.500. The molecule has 4 heteroatoms. The SMILES string of the molecule is NC1(CC(=O)NCCc2ccccc2F)CCC1. The van der Waals surface area contributed by atoms with Crippen molar-refractivity contribution in [1.82, 2.24) is 5.32 Å². The third kappa shape index (κ3) is 3.29. The zero-order chi connectivity index (χ0) is 13.0. The molecule has 2 rings (SSSR count). The van der Waals surface area contributed by atoms with Crippen LogP contribution in [0.2, 0.25) is 0 Å². The second-order valence-corrected chi connectivity index (χ2v) is 5.08. The number of hydrogen-bond acceptors (Lipinski definition) is 2. The Morgan fingerprint density at radius 3 is 2.72 bits per heavy atom. The molecule has 0 aliphatic heterocycles. The Kier molecular flexibility index (Phi) is 3.97. The van der Waals surface area contributed by atoms with E-state index < -0.39 is 0 Å². The van der Waals surface area contributed by atoms with E-state index in [1.54, 1.807) is 18.2 Å². The first-order chi connectivity index (χ1) is 8.59. The Balaban J connectivity index is 1.72. The zero-order valence-electron chi connectivity index (χ0n) is 10.4. The van der Waals surface area contributed by atoms with Crippen LogP contribution in [0.3, 0.4) is 0 Å². The summed E-state index contributed by atoms with van der Waals surface area (Å²) >= 11 is 0. The normalized spacial score (nSPS) is 17.0. The molecule has 1 fully saturated rings. The van der Waals surface area contributed by atoms with Gasteiger partial charge in [-0.1, -0.05) is 18.2 Å². The third-order valence-corrected chi connectivity index (χ3v) is 3.54. The van der Waals surface area contributed by atoms with Crippen LogP contribution in [-0.2, 0) is 11.2 Å². The van der Waals surface area contributed by atoms with E-state index in [0.717, 1.165) is 19.3 Å². The first-order valence-corrected chi connectivity index (χ1v) is 6.38. The van der Waals surface area contributed by atoms with Gasteiger partial charge in [-0.25, -0.2) is 4.39 Å². The van der Waals surface area contributed by atoms with Crippen LogP contribution >= 0.6 is 0 Å². The minimum absolute atomic E-state index is 0.0338. The first-order valence-electron chi connectivity index (χ1n) is 6.38. The number of rotatable bonds is 5. The topological polar surface area (TPSA) is 55.1 Å². The molecule has 3 nitrogen and oxygen atoms in total. The van der Waals surface area contributed by atoms with Crippen LogP contribution < -0.4 is 11.1 Å². The monoisotopic (exact) mass is 250 g/mol. The second-order valence-electron chi connectivity index (χ2n) is 5.08. The number of carbonyl (C=O) groups is 1. The predicted octanol–water partition coefficient (Wildman–Crippen LogP) is 1.76. The molecular formula is C14H19FN2O. The Morgan fingerprint density at radius 2 is 2.11 bits per heavy atom. The fourth-order valence-corrected chi connectivity index (χ4v) is 2.23. The molecule has 1 saturated carbocycles. The van der Waals surface area contributed by atoms with Gasteiger partial charge in [0.25, 0.3) is 0 Å². The number of carbonyl (C=O) groups excluding carboxylic acids is 1. The summed E-state index contributed by atoms with van der Waals surface area (Å²) < 4.78 is 13.3. The van der Waals surface area contributed by atoms with Crippen molar-refractivity contribution in [3.8, 4) is 0 Å². The molecule has 1 aromatic rings.